The monoisotopic (exact) mass is 264 g/mol. The molecule has 2 rings (SSSR count). The maximum atomic E-state index is 12.7. The summed E-state index contributed by atoms with van der Waals surface area (Å²) in [7, 11) is 0. The van der Waals surface area contributed by atoms with Crippen molar-refractivity contribution in [2.45, 2.75) is 20.4 Å². The van der Waals surface area contributed by atoms with Crippen molar-refractivity contribution in [2.75, 3.05) is 0 Å². The number of aromatic nitrogens is 1. The Hall–Kier alpha value is -1.75. The molecule has 0 unspecified atom stereocenters. The highest BCUT2D eigenvalue weighted by atomic mass is 32.1. The molecule has 1 N–H and O–H groups in total. The second-order valence-corrected chi connectivity index (χ2v) is 5.23. The highest BCUT2D eigenvalue weighted by molar-refractivity contribution is 7.11. The van der Waals surface area contributed by atoms with Gasteiger partial charge in [-0.3, -0.25) is 4.79 Å². The summed E-state index contributed by atoms with van der Waals surface area (Å²) in [6.07, 6.45) is 0. The van der Waals surface area contributed by atoms with Crippen LogP contribution >= 0.6 is 11.3 Å². The van der Waals surface area contributed by atoms with Gasteiger partial charge in [0.15, 0.2) is 0 Å². The molecule has 1 amide bonds. The number of hydrogen-bond acceptors (Lipinski definition) is 3. The quantitative estimate of drug-likeness (QED) is 0.926. The van der Waals surface area contributed by atoms with E-state index in [1.54, 1.807) is 11.3 Å². The first kappa shape index (κ1) is 12.7. The van der Waals surface area contributed by atoms with E-state index in [1.807, 2.05) is 13.8 Å². The molecule has 1 aromatic carbocycles. The maximum absolute atomic E-state index is 12.7. The van der Waals surface area contributed by atoms with Gasteiger partial charge in [0.2, 0.25) is 0 Å². The zero-order valence-electron chi connectivity index (χ0n) is 10.2. The number of hydrogen-bond donors (Lipinski definition) is 1. The van der Waals surface area contributed by atoms with Crippen LogP contribution in [0, 0.1) is 19.7 Å². The molecular weight excluding hydrogens is 251 g/mol. The molecule has 0 saturated carbocycles. The van der Waals surface area contributed by atoms with Crippen LogP contribution in [0.1, 0.15) is 25.9 Å². The molecule has 1 heterocycles. The lowest BCUT2D eigenvalue weighted by Gasteiger charge is -2.02. The molecule has 0 aliphatic carbocycles. The molecule has 0 bridgehead atoms. The maximum Gasteiger partial charge on any atom is 0.251 e. The van der Waals surface area contributed by atoms with Crippen molar-refractivity contribution in [3.8, 4) is 0 Å². The average Bonchev–Trinajstić information content (AvgIpc) is 2.67. The summed E-state index contributed by atoms with van der Waals surface area (Å²) in [5, 5.41) is 3.64. The summed E-state index contributed by atoms with van der Waals surface area (Å²) in [5.74, 6) is -0.571. The average molecular weight is 264 g/mol. The first-order valence-electron chi connectivity index (χ1n) is 5.53. The van der Waals surface area contributed by atoms with E-state index >= 15 is 0 Å². The molecule has 0 aliphatic heterocycles. The van der Waals surface area contributed by atoms with Crippen LogP contribution in [0.3, 0.4) is 0 Å². The lowest BCUT2D eigenvalue weighted by atomic mass is 10.2. The van der Waals surface area contributed by atoms with E-state index in [1.165, 1.54) is 24.3 Å². The minimum absolute atomic E-state index is 0.222. The third-order valence-electron chi connectivity index (χ3n) is 2.58. The largest absolute Gasteiger partial charge is 0.346 e. The summed E-state index contributed by atoms with van der Waals surface area (Å²) in [6.45, 7) is 4.34. The molecule has 0 fully saturated rings. The standard InChI is InChI=1S/C13H13FN2OS/c1-8-9(2)18-12(16-8)7-15-13(17)10-3-5-11(14)6-4-10/h3-6H,7H2,1-2H3,(H,15,17). The number of rotatable bonds is 3. The van der Waals surface area contributed by atoms with Gasteiger partial charge in [0.25, 0.3) is 5.91 Å². The van der Waals surface area contributed by atoms with Gasteiger partial charge in [0.05, 0.1) is 12.2 Å². The van der Waals surface area contributed by atoms with Crippen molar-refractivity contribution in [1.82, 2.24) is 10.3 Å². The second-order valence-electron chi connectivity index (χ2n) is 3.94. The number of nitrogens with zero attached hydrogens (tertiary/aromatic N) is 1. The minimum atomic E-state index is -0.349. The fraction of sp³-hybridized carbons (Fsp3) is 0.231. The third kappa shape index (κ3) is 2.92. The molecule has 3 nitrogen and oxygen atoms in total. The molecule has 0 aliphatic rings. The fourth-order valence-corrected chi connectivity index (χ4v) is 2.35. The Balaban J connectivity index is 1.98. The van der Waals surface area contributed by atoms with Crippen LogP contribution in [0.5, 0.6) is 0 Å². The van der Waals surface area contributed by atoms with Crippen LogP contribution in [0.4, 0.5) is 4.39 Å². The van der Waals surface area contributed by atoms with Crippen molar-refractivity contribution >= 4 is 17.2 Å². The first-order chi connectivity index (χ1) is 8.56. The Bertz CT molecular complexity index is 543. The molecular formula is C13H13FN2OS. The van der Waals surface area contributed by atoms with Gasteiger partial charge in [-0.15, -0.1) is 11.3 Å². The summed E-state index contributed by atoms with van der Waals surface area (Å²) < 4.78 is 12.7. The Morgan fingerprint density at radius 1 is 1.33 bits per heavy atom. The molecule has 0 saturated heterocycles. The van der Waals surface area contributed by atoms with Gasteiger partial charge >= 0.3 is 0 Å². The third-order valence-corrected chi connectivity index (χ3v) is 3.65. The number of nitrogens with one attached hydrogen (secondary N) is 1. The van der Waals surface area contributed by atoms with E-state index in [0.29, 0.717) is 12.1 Å². The highest BCUT2D eigenvalue weighted by Gasteiger charge is 2.08. The SMILES string of the molecule is Cc1nc(CNC(=O)c2ccc(F)cc2)sc1C. The zero-order chi connectivity index (χ0) is 13.1. The van der Waals surface area contributed by atoms with Gasteiger partial charge in [-0.2, -0.15) is 0 Å². The zero-order valence-corrected chi connectivity index (χ0v) is 11.0. The summed E-state index contributed by atoms with van der Waals surface area (Å²) >= 11 is 1.57. The lowest BCUT2D eigenvalue weighted by molar-refractivity contribution is 0.0951. The lowest BCUT2D eigenvalue weighted by Crippen LogP contribution is -2.22. The number of halogens is 1. The van der Waals surface area contributed by atoms with Crippen LogP contribution in [0.15, 0.2) is 24.3 Å². The van der Waals surface area contributed by atoms with Crippen LogP contribution in [-0.2, 0) is 6.54 Å². The second kappa shape index (κ2) is 5.27. The van der Waals surface area contributed by atoms with Gasteiger partial charge in [-0.1, -0.05) is 0 Å². The van der Waals surface area contributed by atoms with Crippen molar-refractivity contribution in [3.63, 3.8) is 0 Å². The Kier molecular flexibility index (Phi) is 3.72. The number of carbonyl (C=O) groups excluding carboxylic acids is 1. The molecule has 0 spiro atoms. The number of carbonyl (C=O) groups is 1. The molecule has 94 valence electrons. The van der Waals surface area contributed by atoms with Crippen LogP contribution in [0.25, 0.3) is 0 Å². The molecule has 1 aromatic heterocycles. The molecule has 18 heavy (non-hydrogen) atoms. The van der Waals surface area contributed by atoms with Gasteiger partial charge in [0, 0.05) is 10.4 Å². The van der Waals surface area contributed by atoms with Crippen molar-refractivity contribution < 1.29 is 9.18 Å². The van der Waals surface area contributed by atoms with E-state index < -0.39 is 0 Å². The number of thiazole rings is 1. The van der Waals surface area contributed by atoms with Crippen molar-refractivity contribution in [3.05, 3.63) is 51.2 Å². The van der Waals surface area contributed by atoms with E-state index in [-0.39, 0.29) is 11.7 Å². The number of aryl methyl sites for hydroxylation is 2. The predicted molar refractivity (Wildman–Crippen MR) is 69.2 cm³/mol. The van der Waals surface area contributed by atoms with E-state index in [4.69, 9.17) is 0 Å². The Morgan fingerprint density at radius 3 is 2.56 bits per heavy atom. The van der Waals surface area contributed by atoms with Gasteiger partial charge in [-0.25, -0.2) is 9.37 Å². The minimum Gasteiger partial charge on any atom is -0.346 e. The van der Waals surface area contributed by atoms with Crippen molar-refractivity contribution in [1.29, 1.82) is 0 Å². The van der Waals surface area contributed by atoms with E-state index in [0.717, 1.165) is 15.6 Å². The highest BCUT2D eigenvalue weighted by Crippen LogP contribution is 2.16. The van der Waals surface area contributed by atoms with Crippen molar-refractivity contribution in [2.24, 2.45) is 0 Å². The van der Waals surface area contributed by atoms with Gasteiger partial charge < -0.3 is 5.32 Å². The molecule has 2 aromatic rings. The van der Waals surface area contributed by atoms with Gasteiger partial charge in [-0.05, 0) is 38.1 Å². The topological polar surface area (TPSA) is 42.0 Å². The normalized spacial score (nSPS) is 10.4. The Morgan fingerprint density at radius 2 is 2.00 bits per heavy atom. The molecule has 0 atom stereocenters. The molecule has 0 radical (unpaired) electrons. The summed E-state index contributed by atoms with van der Waals surface area (Å²) in [6, 6.07) is 5.46. The Labute approximate surface area is 109 Å². The number of amides is 1. The van der Waals surface area contributed by atoms with Crippen LogP contribution < -0.4 is 5.32 Å². The van der Waals surface area contributed by atoms with E-state index in [9.17, 15) is 9.18 Å². The van der Waals surface area contributed by atoms with Crippen LogP contribution in [0.2, 0.25) is 0 Å². The van der Waals surface area contributed by atoms with Gasteiger partial charge in [0.1, 0.15) is 10.8 Å². The molecule has 5 heteroatoms. The van der Waals surface area contributed by atoms with Crippen LogP contribution in [-0.4, -0.2) is 10.9 Å². The fourth-order valence-electron chi connectivity index (χ4n) is 1.47. The summed E-state index contributed by atoms with van der Waals surface area (Å²) in [4.78, 5) is 17.3. The predicted octanol–water partition coefficient (Wildman–Crippen LogP) is 2.83. The smallest absolute Gasteiger partial charge is 0.251 e. The first-order valence-corrected chi connectivity index (χ1v) is 6.34. The summed E-state index contributed by atoms with van der Waals surface area (Å²) in [5.41, 5.74) is 1.44. The van der Waals surface area contributed by atoms with E-state index in [2.05, 4.69) is 10.3 Å². The number of benzene rings is 1.